The topological polar surface area (TPSA) is 29.1 Å². The van der Waals surface area contributed by atoms with Gasteiger partial charge in [0.15, 0.2) is 0 Å². The molecule has 0 aliphatic heterocycles. The van der Waals surface area contributed by atoms with Gasteiger partial charge < -0.3 is 5.32 Å². The minimum absolute atomic E-state index is 0.263. The molecule has 0 heterocycles. The first-order valence-electron chi connectivity index (χ1n) is 7.61. The SMILES string of the molecule is O=C(NCC[C@@H]1Cc2cccc3cccc1c23)C1CC1. The number of hydrogen-bond acceptors (Lipinski definition) is 1. The van der Waals surface area contributed by atoms with Gasteiger partial charge in [0.1, 0.15) is 0 Å². The normalized spacial score (nSPS) is 20.3. The van der Waals surface area contributed by atoms with Gasteiger partial charge in [-0.05, 0) is 53.5 Å². The molecule has 2 aliphatic rings. The van der Waals surface area contributed by atoms with E-state index in [0.717, 1.165) is 32.2 Å². The van der Waals surface area contributed by atoms with Crippen molar-refractivity contribution in [2.45, 2.75) is 31.6 Å². The van der Waals surface area contributed by atoms with E-state index >= 15 is 0 Å². The number of rotatable bonds is 4. The van der Waals surface area contributed by atoms with E-state index in [4.69, 9.17) is 0 Å². The van der Waals surface area contributed by atoms with Crippen LogP contribution in [0.5, 0.6) is 0 Å². The summed E-state index contributed by atoms with van der Waals surface area (Å²) in [6.07, 6.45) is 4.34. The molecule has 2 nitrogen and oxygen atoms in total. The summed E-state index contributed by atoms with van der Waals surface area (Å²) >= 11 is 0. The van der Waals surface area contributed by atoms with Gasteiger partial charge in [0, 0.05) is 12.5 Å². The van der Waals surface area contributed by atoms with E-state index in [1.165, 1.54) is 21.9 Å². The molecule has 1 N–H and O–H groups in total. The number of benzene rings is 2. The molecule has 4 rings (SSSR count). The number of nitrogens with one attached hydrogen (secondary N) is 1. The van der Waals surface area contributed by atoms with Crippen molar-refractivity contribution in [2.24, 2.45) is 5.92 Å². The van der Waals surface area contributed by atoms with E-state index in [1.807, 2.05) is 0 Å². The third-order valence-electron chi connectivity index (χ3n) is 4.67. The van der Waals surface area contributed by atoms with Gasteiger partial charge in [-0.2, -0.15) is 0 Å². The largest absolute Gasteiger partial charge is 0.356 e. The number of amides is 1. The molecule has 0 saturated heterocycles. The summed E-state index contributed by atoms with van der Waals surface area (Å²) in [6.45, 7) is 0.810. The van der Waals surface area contributed by atoms with Crippen LogP contribution >= 0.6 is 0 Å². The summed E-state index contributed by atoms with van der Waals surface area (Å²) in [5.41, 5.74) is 2.94. The van der Waals surface area contributed by atoms with Crippen LogP contribution in [0.4, 0.5) is 0 Å². The van der Waals surface area contributed by atoms with Crippen LogP contribution in [-0.2, 0) is 11.2 Å². The molecule has 1 saturated carbocycles. The van der Waals surface area contributed by atoms with Crippen LogP contribution < -0.4 is 5.32 Å². The highest BCUT2D eigenvalue weighted by molar-refractivity contribution is 5.91. The van der Waals surface area contributed by atoms with Crippen molar-refractivity contribution < 1.29 is 4.79 Å². The van der Waals surface area contributed by atoms with Gasteiger partial charge in [-0.1, -0.05) is 36.4 Å². The van der Waals surface area contributed by atoms with Crippen molar-refractivity contribution in [1.82, 2.24) is 5.32 Å². The monoisotopic (exact) mass is 265 g/mol. The summed E-state index contributed by atoms with van der Waals surface area (Å²) in [4.78, 5) is 11.7. The van der Waals surface area contributed by atoms with Gasteiger partial charge >= 0.3 is 0 Å². The predicted octanol–water partition coefficient (Wildman–Crippen LogP) is 3.40. The lowest BCUT2D eigenvalue weighted by Gasteiger charge is -2.12. The molecule has 0 unspecified atom stereocenters. The molecule has 2 aliphatic carbocycles. The predicted molar refractivity (Wildman–Crippen MR) is 80.7 cm³/mol. The Bertz CT molecular complexity index is 667. The first kappa shape index (κ1) is 12.0. The van der Waals surface area contributed by atoms with Crippen LogP contribution in [0.3, 0.4) is 0 Å². The summed E-state index contributed by atoms with van der Waals surface area (Å²) < 4.78 is 0. The molecule has 2 aromatic carbocycles. The van der Waals surface area contributed by atoms with Crippen LogP contribution in [0.1, 0.15) is 36.3 Å². The quantitative estimate of drug-likeness (QED) is 0.902. The maximum absolute atomic E-state index is 11.7. The average molecular weight is 265 g/mol. The van der Waals surface area contributed by atoms with Crippen LogP contribution in [0, 0.1) is 5.92 Å². The molecular weight excluding hydrogens is 246 g/mol. The molecule has 0 bridgehead atoms. The van der Waals surface area contributed by atoms with Gasteiger partial charge in [0.2, 0.25) is 5.91 Å². The average Bonchev–Trinajstić information content (AvgIpc) is 3.25. The third kappa shape index (κ3) is 2.00. The molecule has 0 aromatic heterocycles. The molecule has 20 heavy (non-hydrogen) atoms. The van der Waals surface area contributed by atoms with E-state index < -0.39 is 0 Å². The highest BCUT2D eigenvalue weighted by atomic mass is 16.2. The smallest absolute Gasteiger partial charge is 0.223 e. The first-order valence-corrected chi connectivity index (χ1v) is 7.61. The summed E-state index contributed by atoms with van der Waals surface area (Å²) in [5, 5.41) is 5.90. The Morgan fingerprint density at radius 2 is 1.95 bits per heavy atom. The number of hydrogen-bond donors (Lipinski definition) is 1. The van der Waals surface area contributed by atoms with E-state index in [2.05, 4.69) is 41.7 Å². The van der Waals surface area contributed by atoms with Crippen molar-refractivity contribution in [3.63, 3.8) is 0 Å². The second-order valence-corrected chi connectivity index (χ2v) is 6.12. The second kappa shape index (κ2) is 4.62. The van der Waals surface area contributed by atoms with Crippen molar-refractivity contribution in [1.29, 1.82) is 0 Å². The van der Waals surface area contributed by atoms with Gasteiger partial charge in [-0.3, -0.25) is 4.79 Å². The Morgan fingerprint density at radius 3 is 2.75 bits per heavy atom. The fraction of sp³-hybridized carbons (Fsp3) is 0.389. The first-order chi connectivity index (χ1) is 9.83. The zero-order valence-electron chi connectivity index (χ0n) is 11.6. The molecular formula is C18H19NO. The number of carbonyl (C=O) groups excluding carboxylic acids is 1. The van der Waals surface area contributed by atoms with Gasteiger partial charge in [-0.15, -0.1) is 0 Å². The van der Waals surface area contributed by atoms with Crippen molar-refractivity contribution in [3.8, 4) is 0 Å². The van der Waals surface area contributed by atoms with Crippen molar-refractivity contribution >= 4 is 16.7 Å². The van der Waals surface area contributed by atoms with E-state index in [9.17, 15) is 4.79 Å². The van der Waals surface area contributed by atoms with Crippen LogP contribution in [-0.4, -0.2) is 12.5 Å². The minimum atomic E-state index is 0.263. The zero-order chi connectivity index (χ0) is 13.5. The Hall–Kier alpha value is -1.83. The van der Waals surface area contributed by atoms with E-state index in [-0.39, 0.29) is 5.91 Å². The second-order valence-electron chi connectivity index (χ2n) is 6.12. The highest BCUT2D eigenvalue weighted by Gasteiger charge is 2.29. The molecule has 1 amide bonds. The number of carbonyl (C=O) groups is 1. The van der Waals surface area contributed by atoms with Gasteiger partial charge in [0.05, 0.1) is 0 Å². The van der Waals surface area contributed by atoms with Crippen LogP contribution in [0.25, 0.3) is 10.8 Å². The van der Waals surface area contributed by atoms with E-state index in [0.29, 0.717) is 11.8 Å². The molecule has 1 atom stereocenters. The van der Waals surface area contributed by atoms with Crippen molar-refractivity contribution in [2.75, 3.05) is 6.54 Å². The lowest BCUT2D eigenvalue weighted by atomic mass is 9.96. The summed E-state index contributed by atoms with van der Waals surface area (Å²) in [5.74, 6) is 1.15. The maximum Gasteiger partial charge on any atom is 0.223 e. The summed E-state index contributed by atoms with van der Waals surface area (Å²) in [7, 11) is 0. The minimum Gasteiger partial charge on any atom is -0.356 e. The van der Waals surface area contributed by atoms with Crippen molar-refractivity contribution in [3.05, 3.63) is 47.5 Å². The molecule has 2 heteroatoms. The Morgan fingerprint density at radius 1 is 1.15 bits per heavy atom. The molecule has 2 aromatic rings. The molecule has 102 valence electrons. The maximum atomic E-state index is 11.7. The van der Waals surface area contributed by atoms with Gasteiger partial charge in [0.25, 0.3) is 0 Å². The molecule has 1 fully saturated rings. The fourth-order valence-electron chi connectivity index (χ4n) is 3.45. The Balaban J connectivity index is 1.49. The lowest BCUT2D eigenvalue weighted by molar-refractivity contribution is -0.122. The lowest BCUT2D eigenvalue weighted by Crippen LogP contribution is -2.26. The van der Waals surface area contributed by atoms with Gasteiger partial charge in [-0.25, -0.2) is 0 Å². The third-order valence-corrected chi connectivity index (χ3v) is 4.67. The van der Waals surface area contributed by atoms with Crippen LogP contribution in [0.15, 0.2) is 36.4 Å². The van der Waals surface area contributed by atoms with E-state index in [1.54, 1.807) is 0 Å². The van der Waals surface area contributed by atoms with Crippen LogP contribution in [0.2, 0.25) is 0 Å². The summed E-state index contributed by atoms with van der Waals surface area (Å²) in [6, 6.07) is 13.2. The molecule has 0 spiro atoms. The Labute approximate surface area is 119 Å². The highest BCUT2D eigenvalue weighted by Crippen LogP contribution is 2.39. The molecule has 0 radical (unpaired) electrons. The standard InChI is InChI=1S/C18H19NO/c20-18(13-7-8-13)19-10-9-14-11-15-5-1-3-12-4-2-6-16(14)17(12)15/h1-6,13-14H,7-11H2,(H,19,20)/t14-/m1/s1. The fourth-order valence-corrected chi connectivity index (χ4v) is 3.45. The zero-order valence-corrected chi connectivity index (χ0v) is 11.6. The Kier molecular flexibility index (Phi) is 2.76.